The fourth-order valence-corrected chi connectivity index (χ4v) is 2.57. The first-order chi connectivity index (χ1) is 12.6. The van der Waals surface area contributed by atoms with Crippen LogP contribution in [0, 0.1) is 0 Å². The molecule has 0 unspecified atom stereocenters. The van der Waals surface area contributed by atoms with Crippen molar-refractivity contribution in [3.63, 3.8) is 0 Å². The number of hydrogen-bond donors (Lipinski definition) is 1. The van der Waals surface area contributed by atoms with Gasteiger partial charge in [-0.2, -0.15) is 0 Å². The van der Waals surface area contributed by atoms with E-state index in [0.717, 1.165) is 6.42 Å². The van der Waals surface area contributed by atoms with E-state index < -0.39 is 11.9 Å². The molecule has 0 spiro atoms. The van der Waals surface area contributed by atoms with Gasteiger partial charge in [0, 0.05) is 5.69 Å². The Bertz CT molecular complexity index is 800. The van der Waals surface area contributed by atoms with E-state index in [-0.39, 0.29) is 13.4 Å². The van der Waals surface area contributed by atoms with E-state index in [1.807, 2.05) is 24.3 Å². The highest BCUT2D eigenvalue weighted by atomic mass is 16.7. The van der Waals surface area contributed by atoms with Crippen molar-refractivity contribution in [2.45, 2.75) is 26.2 Å². The van der Waals surface area contributed by atoms with Gasteiger partial charge in [0.15, 0.2) is 18.1 Å². The van der Waals surface area contributed by atoms with Gasteiger partial charge < -0.3 is 19.5 Å². The Morgan fingerprint density at radius 3 is 2.58 bits per heavy atom. The van der Waals surface area contributed by atoms with Crippen molar-refractivity contribution in [3.8, 4) is 11.5 Å². The van der Waals surface area contributed by atoms with Crippen molar-refractivity contribution in [1.82, 2.24) is 0 Å². The molecule has 1 aliphatic heterocycles. The molecule has 26 heavy (non-hydrogen) atoms. The highest BCUT2D eigenvalue weighted by Crippen LogP contribution is 2.32. The van der Waals surface area contributed by atoms with Crippen LogP contribution in [-0.2, 0) is 9.53 Å². The van der Waals surface area contributed by atoms with Crippen LogP contribution < -0.4 is 14.8 Å². The summed E-state index contributed by atoms with van der Waals surface area (Å²) in [5.41, 5.74) is 2.20. The highest BCUT2D eigenvalue weighted by Gasteiger charge is 2.17. The van der Waals surface area contributed by atoms with Gasteiger partial charge in [0.25, 0.3) is 5.91 Å². The van der Waals surface area contributed by atoms with Crippen molar-refractivity contribution < 1.29 is 23.8 Å². The third-order valence-corrected chi connectivity index (χ3v) is 4.32. The number of carbonyl (C=O) groups is 2. The second kappa shape index (κ2) is 7.91. The Morgan fingerprint density at radius 1 is 1.12 bits per heavy atom. The van der Waals surface area contributed by atoms with E-state index in [0.29, 0.717) is 28.7 Å². The minimum atomic E-state index is -0.592. The predicted molar refractivity (Wildman–Crippen MR) is 96.6 cm³/mol. The fourth-order valence-electron chi connectivity index (χ4n) is 2.57. The number of fused-ring (bicyclic) bond motifs is 1. The van der Waals surface area contributed by atoms with Crippen LogP contribution in [0.3, 0.4) is 0 Å². The molecule has 1 N–H and O–H groups in total. The van der Waals surface area contributed by atoms with Gasteiger partial charge in [0.05, 0.1) is 5.56 Å². The minimum Gasteiger partial charge on any atom is -0.454 e. The maximum Gasteiger partial charge on any atom is 0.338 e. The third-order valence-electron chi connectivity index (χ3n) is 4.32. The summed E-state index contributed by atoms with van der Waals surface area (Å²) in [6.45, 7) is 4.06. The smallest absolute Gasteiger partial charge is 0.338 e. The SMILES string of the molecule is CC[C@H](C)c1ccc(NC(=O)COC(=O)c2ccc3c(c2)OCO3)cc1. The summed E-state index contributed by atoms with van der Waals surface area (Å²) in [5, 5.41) is 2.71. The molecule has 1 amide bonds. The molecule has 0 bridgehead atoms. The molecule has 0 radical (unpaired) electrons. The Hall–Kier alpha value is -3.02. The van der Waals surface area contributed by atoms with Crippen molar-refractivity contribution in [1.29, 1.82) is 0 Å². The maximum absolute atomic E-state index is 12.1. The number of ether oxygens (including phenoxy) is 3. The molecule has 1 aliphatic rings. The number of benzene rings is 2. The summed E-state index contributed by atoms with van der Waals surface area (Å²) in [4.78, 5) is 24.0. The van der Waals surface area contributed by atoms with E-state index in [9.17, 15) is 9.59 Å². The molecule has 2 aromatic carbocycles. The molecule has 0 aliphatic carbocycles. The predicted octanol–water partition coefficient (Wildman–Crippen LogP) is 3.72. The molecule has 3 rings (SSSR count). The van der Waals surface area contributed by atoms with Crippen molar-refractivity contribution in [3.05, 3.63) is 53.6 Å². The van der Waals surface area contributed by atoms with Crippen LogP contribution in [0.2, 0.25) is 0 Å². The zero-order valence-corrected chi connectivity index (χ0v) is 14.8. The van der Waals surface area contributed by atoms with E-state index in [4.69, 9.17) is 14.2 Å². The van der Waals surface area contributed by atoms with Gasteiger partial charge in [0.2, 0.25) is 6.79 Å². The average molecular weight is 355 g/mol. The Balaban J connectivity index is 1.51. The molecule has 0 saturated heterocycles. The van der Waals surface area contributed by atoms with E-state index in [1.165, 1.54) is 11.6 Å². The van der Waals surface area contributed by atoms with Gasteiger partial charge in [-0.15, -0.1) is 0 Å². The van der Waals surface area contributed by atoms with Gasteiger partial charge in [-0.05, 0) is 48.2 Å². The molecule has 136 valence electrons. The highest BCUT2D eigenvalue weighted by molar-refractivity contribution is 5.95. The molecule has 6 nitrogen and oxygen atoms in total. The average Bonchev–Trinajstić information content (AvgIpc) is 3.13. The zero-order chi connectivity index (χ0) is 18.5. The monoisotopic (exact) mass is 355 g/mol. The summed E-state index contributed by atoms with van der Waals surface area (Å²) < 4.78 is 15.5. The standard InChI is InChI=1S/C20H21NO5/c1-3-13(2)14-4-7-16(8-5-14)21-19(22)11-24-20(23)15-6-9-17-18(10-15)26-12-25-17/h4-10,13H,3,11-12H2,1-2H3,(H,21,22)/t13-/m0/s1. The molecule has 6 heteroatoms. The summed E-state index contributed by atoms with van der Waals surface area (Å²) in [7, 11) is 0. The minimum absolute atomic E-state index is 0.131. The zero-order valence-electron chi connectivity index (χ0n) is 14.8. The lowest BCUT2D eigenvalue weighted by atomic mass is 9.99. The molecule has 2 aromatic rings. The van der Waals surface area contributed by atoms with Crippen molar-refractivity contribution >= 4 is 17.6 Å². The molecular formula is C20H21NO5. The first-order valence-corrected chi connectivity index (χ1v) is 8.53. The first-order valence-electron chi connectivity index (χ1n) is 8.53. The number of esters is 1. The summed E-state index contributed by atoms with van der Waals surface area (Å²) >= 11 is 0. The van der Waals surface area contributed by atoms with Gasteiger partial charge in [-0.25, -0.2) is 4.79 Å². The molecule has 1 atom stereocenters. The number of rotatable bonds is 6. The summed E-state index contributed by atoms with van der Waals surface area (Å²) in [5.74, 6) is 0.564. The van der Waals surface area contributed by atoms with Gasteiger partial charge >= 0.3 is 5.97 Å². The van der Waals surface area contributed by atoms with Crippen LogP contribution in [-0.4, -0.2) is 25.3 Å². The Labute approximate surface area is 152 Å². The first kappa shape index (κ1) is 17.8. The number of anilines is 1. The van der Waals surface area contributed by atoms with Crippen LogP contribution in [0.25, 0.3) is 0 Å². The van der Waals surface area contributed by atoms with E-state index in [1.54, 1.807) is 12.1 Å². The molecule has 0 fully saturated rings. The number of hydrogen-bond acceptors (Lipinski definition) is 5. The van der Waals surface area contributed by atoms with Crippen molar-refractivity contribution in [2.75, 3.05) is 18.7 Å². The van der Waals surface area contributed by atoms with Gasteiger partial charge in [-0.1, -0.05) is 26.0 Å². The normalized spacial score (nSPS) is 13.2. The second-order valence-electron chi connectivity index (χ2n) is 6.12. The lowest BCUT2D eigenvalue weighted by Gasteiger charge is -2.11. The molecule has 1 heterocycles. The van der Waals surface area contributed by atoms with Crippen molar-refractivity contribution in [2.24, 2.45) is 0 Å². The Kier molecular flexibility index (Phi) is 5.41. The lowest BCUT2D eigenvalue weighted by molar-refractivity contribution is -0.119. The van der Waals surface area contributed by atoms with E-state index >= 15 is 0 Å². The van der Waals surface area contributed by atoms with Gasteiger partial charge in [0.1, 0.15) is 0 Å². The third kappa shape index (κ3) is 4.14. The largest absolute Gasteiger partial charge is 0.454 e. The molecular weight excluding hydrogens is 334 g/mol. The molecule has 0 aromatic heterocycles. The van der Waals surface area contributed by atoms with Crippen LogP contribution in [0.4, 0.5) is 5.69 Å². The number of carbonyl (C=O) groups excluding carboxylic acids is 2. The van der Waals surface area contributed by atoms with E-state index in [2.05, 4.69) is 19.2 Å². The molecule has 0 saturated carbocycles. The number of amides is 1. The summed E-state index contributed by atoms with van der Waals surface area (Å²) in [6.07, 6.45) is 1.06. The van der Waals surface area contributed by atoms with Gasteiger partial charge in [-0.3, -0.25) is 4.79 Å². The number of nitrogens with one attached hydrogen (secondary N) is 1. The Morgan fingerprint density at radius 2 is 1.85 bits per heavy atom. The second-order valence-corrected chi connectivity index (χ2v) is 6.12. The summed E-state index contributed by atoms with van der Waals surface area (Å²) in [6, 6.07) is 12.4. The lowest BCUT2D eigenvalue weighted by Crippen LogP contribution is -2.20. The van der Waals surface area contributed by atoms with Crippen LogP contribution in [0.15, 0.2) is 42.5 Å². The fraction of sp³-hybridized carbons (Fsp3) is 0.300. The topological polar surface area (TPSA) is 73.9 Å². The van der Waals surface area contributed by atoms with Crippen LogP contribution >= 0.6 is 0 Å². The van der Waals surface area contributed by atoms with Crippen LogP contribution in [0.1, 0.15) is 42.1 Å². The quantitative estimate of drug-likeness (QED) is 0.800. The maximum atomic E-state index is 12.1. The van der Waals surface area contributed by atoms with Crippen LogP contribution in [0.5, 0.6) is 11.5 Å².